The van der Waals surface area contributed by atoms with Gasteiger partial charge in [0.1, 0.15) is 0 Å². The summed E-state index contributed by atoms with van der Waals surface area (Å²) >= 11 is 0. The molecule has 2 fully saturated rings. The lowest BCUT2D eigenvalue weighted by Crippen LogP contribution is -2.33. The van der Waals surface area contributed by atoms with E-state index in [4.69, 9.17) is 0 Å². The summed E-state index contributed by atoms with van der Waals surface area (Å²) in [5.41, 5.74) is 2.74. The van der Waals surface area contributed by atoms with Crippen molar-refractivity contribution in [2.75, 3.05) is 0 Å². The minimum atomic E-state index is 0.507. The van der Waals surface area contributed by atoms with Crippen LogP contribution in [0.25, 0.3) is 0 Å². The zero-order chi connectivity index (χ0) is 13.2. The Bertz CT molecular complexity index is 391. The van der Waals surface area contributed by atoms with E-state index in [9.17, 15) is 0 Å². The number of hydrogen-bond acceptors (Lipinski definition) is 0. The topological polar surface area (TPSA) is 0 Å². The number of benzene rings is 1. The van der Waals surface area contributed by atoms with Crippen molar-refractivity contribution in [1.82, 2.24) is 0 Å². The monoisotopic (exact) mass is 256 g/mol. The summed E-state index contributed by atoms with van der Waals surface area (Å²) in [7, 11) is 0. The first-order valence-corrected chi connectivity index (χ1v) is 8.28. The zero-order valence-corrected chi connectivity index (χ0v) is 12.5. The van der Waals surface area contributed by atoms with Crippen LogP contribution in [0.4, 0.5) is 0 Å². The molecule has 0 radical (unpaired) electrons. The Hall–Kier alpha value is -0.780. The Morgan fingerprint density at radius 1 is 0.789 bits per heavy atom. The molecule has 0 unspecified atom stereocenters. The van der Waals surface area contributed by atoms with Gasteiger partial charge in [-0.25, -0.2) is 0 Å². The fourth-order valence-corrected chi connectivity index (χ4v) is 4.81. The molecule has 0 heteroatoms. The molecule has 0 heterocycles. The second-order valence-corrected chi connectivity index (χ2v) is 7.40. The van der Waals surface area contributed by atoms with E-state index in [1.54, 1.807) is 5.56 Å². The molecule has 2 saturated carbocycles. The van der Waals surface area contributed by atoms with Gasteiger partial charge in [0, 0.05) is 0 Å². The summed E-state index contributed by atoms with van der Waals surface area (Å²) in [4.78, 5) is 0. The van der Waals surface area contributed by atoms with Gasteiger partial charge in [-0.05, 0) is 48.5 Å². The highest BCUT2D eigenvalue weighted by atomic mass is 14.5. The summed E-state index contributed by atoms with van der Waals surface area (Å²) in [5, 5.41) is 0. The molecule has 0 N–H and O–H groups in total. The Balaban J connectivity index is 1.85. The van der Waals surface area contributed by atoms with Gasteiger partial charge < -0.3 is 0 Å². The van der Waals surface area contributed by atoms with E-state index in [1.165, 1.54) is 64.2 Å². The zero-order valence-electron chi connectivity index (χ0n) is 12.5. The molecular formula is C19H28. The molecule has 0 aromatic heterocycles. The fourth-order valence-electron chi connectivity index (χ4n) is 4.81. The third kappa shape index (κ3) is 2.73. The molecule has 0 nitrogen and oxygen atoms in total. The maximum Gasteiger partial charge on any atom is -0.00418 e. The van der Waals surface area contributed by atoms with Crippen LogP contribution in [-0.2, 0) is 5.41 Å². The minimum Gasteiger partial charge on any atom is -0.0622 e. The molecule has 2 aliphatic rings. The van der Waals surface area contributed by atoms with Crippen LogP contribution < -0.4 is 0 Å². The molecule has 1 aromatic rings. The van der Waals surface area contributed by atoms with Gasteiger partial charge in [-0.3, -0.25) is 0 Å². The first kappa shape index (κ1) is 13.2. The van der Waals surface area contributed by atoms with Crippen molar-refractivity contribution in [3.05, 3.63) is 35.9 Å². The Labute approximate surface area is 118 Å². The van der Waals surface area contributed by atoms with E-state index >= 15 is 0 Å². The molecule has 3 rings (SSSR count). The van der Waals surface area contributed by atoms with Gasteiger partial charge in [0.25, 0.3) is 0 Å². The van der Waals surface area contributed by atoms with Gasteiger partial charge in [0.15, 0.2) is 0 Å². The normalized spacial score (nSPS) is 25.3. The number of hydrogen-bond donors (Lipinski definition) is 0. The summed E-state index contributed by atoms with van der Waals surface area (Å²) in [5.74, 6) is 0. The highest BCUT2D eigenvalue weighted by molar-refractivity contribution is 5.27. The van der Waals surface area contributed by atoms with Crippen LogP contribution in [0.3, 0.4) is 0 Å². The van der Waals surface area contributed by atoms with Crippen LogP contribution in [0.5, 0.6) is 0 Å². The predicted molar refractivity (Wildman–Crippen MR) is 82.4 cm³/mol. The lowest BCUT2D eigenvalue weighted by molar-refractivity contribution is 0.147. The Morgan fingerprint density at radius 2 is 1.37 bits per heavy atom. The first-order chi connectivity index (χ1) is 9.23. The lowest BCUT2D eigenvalue weighted by Gasteiger charge is -2.42. The lowest BCUT2D eigenvalue weighted by atomic mass is 9.62. The van der Waals surface area contributed by atoms with Crippen LogP contribution in [0.15, 0.2) is 30.3 Å². The van der Waals surface area contributed by atoms with E-state index in [0.717, 1.165) is 0 Å². The van der Waals surface area contributed by atoms with Crippen molar-refractivity contribution in [3.63, 3.8) is 0 Å². The number of rotatable bonds is 3. The third-order valence-electron chi connectivity index (χ3n) is 5.77. The smallest absolute Gasteiger partial charge is 0.00418 e. The van der Waals surface area contributed by atoms with Gasteiger partial charge in [0.2, 0.25) is 0 Å². The summed E-state index contributed by atoms with van der Waals surface area (Å²) < 4.78 is 0. The van der Waals surface area contributed by atoms with Crippen LogP contribution in [0, 0.1) is 5.41 Å². The van der Waals surface area contributed by atoms with Gasteiger partial charge >= 0.3 is 0 Å². The van der Waals surface area contributed by atoms with Crippen molar-refractivity contribution in [2.45, 2.75) is 76.5 Å². The van der Waals surface area contributed by atoms with Crippen LogP contribution in [-0.4, -0.2) is 0 Å². The summed E-state index contributed by atoms with van der Waals surface area (Å²) in [6, 6.07) is 11.4. The Kier molecular flexibility index (Phi) is 3.69. The summed E-state index contributed by atoms with van der Waals surface area (Å²) in [6.45, 7) is 2.56. The third-order valence-corrected chi connectivity index (χ3v) is 5.77. The van der Waals surface area contributed by atoms with Crippen molar-refractivity contribution in [2.24, 2.45) is 5.41 Å². The average Bonchev–Trinajstić information content (AvgIpc) is 2.90. The van der Waals surface area contributed by atoms with Gasteiger partial charge in [0.05, 0.1) is 0 Å². The molecule has 0 atom stereocenters. The van der Waals surface area contributed by atoms with E-state index in [2.05, 4.69) is 37.3 Å². The van der Waals surface area contributed by atoms with E-state index in [-0.39, 0.29) is 0 Å². The highest BCUT2D eigenvalue weighted by Gasteiger charge is 2.41. The fraction of sp³-hybridized carbons (Fsp3) is 0.684. The molecule has 2 aliphatic carbocycles. The minimum absolute atomic E-state index is 0.507. The van der Waals surface area contributed by atoms with E-state index < -0.39 is 0 Å². The maximum absolute atomic E-state index is 2.56. The highest BCUT2D eigenvalue weighted by Crippen LogP contribution is 2.52. The van der Waals surface area contributed by atoms with Gasteiger partial charge in [-0.1, -0.05) is 69.4 Å². The van der Waals surface area contributed by atoms with Crippen molar-refractivity contribution >= 4 is 0 Å². The van der Waals surface area contributed by atoms with Crippen molar-refractivity contribution in [1.29, 1.82) is 0 Å². The molecular weight excluding hydrogens is 228 g/mol. The van der Waals surface area contributed by atoms with E-state index in [0.29, 0.717) is 10.8 Å². The van der Waals surface area contributed by atoms with E-state index in [1.807, 2.05) is 0 Å². The molecule has 104 valence electrons. The average molecular weight is 256 g/mol. The van der Waals surface area contributed by atoms with Crippen molar-refractivity contribution < 1.29 is 0 Å². The largest absolute Gasteiger partial charge is 0.0622 e. The van der Waals surface area contributed by atoms with Gasteiger partial charge in [-0.15, -0.1) is 0 Å². The maximum atomic E-state index is 2.56. The van der Waals surface area contributed by atoms with Crippen LogP contribution in [0.2, 0.25) is 0 Å². The summed E-state index contributed by atoms with van der Waals surface area (Å²) in [6.07, 6.45) is 14.5. The van der Waals surface area contributed by atoms with Crippen molar-refractivity contribution in [3.8, 4) is 0 Å². The quantitative estimate of drug-likeness (QED) is 0.635. The molecule has 1 aromatic carbocycles. The molecule has 0 aliphatic heterocycles. The molecule has 0 amide bonds. The molecule has 0 spiro atoms. The second kappa shape index (κ2) is 5.31. The predicted octanol–water partition coefficient (Wildman–Crippen LogP) is 5.86. The van der Waals surface area contributed by atoms with Gasteiger partial charge in [-0.2, -0.15) is 0 Å². The SMILES string of the molecule is CC1(CC2(c3ccccc3)CCCC2)CCCCC1. The molecule has 0 bridgehead atoms. The van der Waals surface area contributed by atoms with Crippen LogP contribution >= 0.6 is 0 Å². The second-order valence-electron chi connectivity index (χ2n) is 7.40. The standard InChI is InChI=1S/C19H28/c1-18(12-6-3-7-13-18)16-19(14-8-9-15-19)17-10-4-2-5-11-17/h2,4-5,10-11H,3,6-9,12-16H2,1H3. The van der Waals surface area contributed by atoms with Crippen LogP contribution in [0.1, 0.15) is 76.7 Å². The molecule has 19 heavy (non-hydrogen) atoms. The molecule has 0 saturated heterocycles. The first-order valence-electron chi connectivity index (χ1n) is 8.28. The Morgan fingerprint density at radius 3 is 2.00 bits per heavy atom.